The molecule has 130 valence electrons. The first-order valence-electron chi connectivity index (χ1n) is 8.91. The van der Waals surface area contributed by atoms with Gasteiger partial charge in [-0.05, 0) is 30.5 Å². The highest BCUT2D eigenvalue weighted by Gasteiger charge is 2.31. The van der Waals surface area contributed by atoms with Crippen LogP contribution in [0.3, 0.4) is 0 Å². The highest BCUT2D eigenvalue weighted by atomic mass is 15.1. The van der Waals surface area contributed by atoms with Crippen LogP contribution < -0.4 is 11.5 Å². The van der Waals surface area contributed by atoms with Crippen molar-refractivity contribution in [2.24, 2.45) is 5.92 Å². The molecule has 5 nitrogen and oxygen atoms in total. The van der Waals surface area contributed by atoms with E-state index in [1.807, 2.05) is 12.3 Å². The first-order valence-corrected chi connectivity index (χ1v) is 8.91. The van der Waals surface area contributed by atoms with Crippen molar-refractivity contribution in [2.75, 3.05) is 24.6 Å². The van der Waals surface area contributed by atoms with E-state index in [0.29, 0.717) is 23.2 Å². The maximum atomic E-state index is 6.38. The lowest BCUT2D eigenvalue weighted by molar-refractivity contribution is 0.159. The normalized spacial score (nSPS) is 21.6. The molecule has 2 atom stereocenters. The summed E-state index contributed by atoms with van der Waals surface area (Å²) < 4.78 is 0. The molecule has 4 rings (SSSR count). The molecule has 0 spiro atoms. The monoisotopic (exact) mass is 335 g/mol. The van der Waals surface area contributed by atoms with Crippen molar-refractivity contribution in [1.29, 1.82) is 0 Å². The minimum atomic E-state index is 0.299. The molecular formula is C20H25N5. The van der Waals surface area contributed by atoms with E-state index in [4.69, 9.17) is 16.5 Å². The second kappa shape index (κ2) is 6.41. The summed E-state index contributed by atoms with van der Waals surface area (Å²) in [6.07, 6.45) is 3.00. The van der Waals surface area contributed by atoms with Gasteiger partial charge in [-0.3, -0.25) is 4.90 Å². The van der Waals surface area contributed by atoms with Gasteiger partial charge in [0.15, 0.2) is 0 Å². The molecule has 2 aromatic heterocycles. The molecule has 0 saturated carbocycles. The van der Waals surface area contributed by atoms with Crippen molar-refractivity contribution in [2.45, 2.75) is 25.8 Å². The zero-order valence-corrected chi connectivity index (χ0v) is 14.6. The zero-order valence-electron chi connectivity index (χ0n) is 14.6. The second-order valence-corrected chi connectivity index (χ2v) is 7.16. The van der Waals surface area contributed by atoms with Gasteiger partial charge in [0, 0.05) is 30.6 Å². The molecular weight excluding hydrogens is 310 g/mol. The Balaban J connectivity index is 1.63. The average Bonchev–Trinajstić information content (AvgIpc) is 3.10. The number of nitrogens with one attached hydrogen (secondary N) is 1. The highest BCUT2D eigenvalue weighted by molar-refractivity contribution is 5.95. The van der Waals surface area contributed by atoms with E-state index in [1.54, 1.807) is 0 Å². The summed E-state index contributed by atoms with van der Waals surface area (Å²) in [5.41, 5.74) is 17.1. The fourth-order valence-corrected chi connectivity index (χ4v) is 3.89. The Morgan fingerprint density at radius 1 is 1.16 bits per heavy atom. The van der Waals surface area contributed by atoms with E-state index in [0.717, 1.165) is 42.8 Å². The highest BCUT2D eigenvalue weighted by Crippen LogP contribution is 2.38. The second-order valence-electron chi connectivity index (χ2n) is 7.16. The number of anilines is 2. The molecule has 25 heavy (non-hydrogen) atoms. The summed E-state index contributed by atoms with van der Waals surface area (Å²) in [5, 5.41) is 0.908. The molecule has 0 amide bonds. The van der Waals surface area contributed by atoms with Crippen LogP contribution in [-0.4, -0.2) is 28.0 Å². The predicted molar refractivity (Wildman–Crippen MR) is 103 cm³/mol. The molecule has 3 heterocycles. The van der Waals surface area contributed by atoms with E-state index in [-0.39, 0.29) is 0 Å². The summed E-state index contributed by atoms with van der Waals surface area (Å²) in [7, 11) is 0. The molecule has 1 saturated heterocycles. The Kier molecular flexibility index (Phi) is 4.09. The van der Waals surface area contributed by atoms with E-state index in [2.05, 4.69) is 47.1 Å². The van der Waals surface area contributed by atoms with Crippen molar-refractivity contribution in [3.05, 3.63) is 53.9 Å². The van der Waals surface area contributed by atoms with Gasteiger partial charge in [-0.15, -0.1) is 0 Å². The summed E-state index contributed by atoms with van der Waals surface area (Å²) in [6.45, 7) is 5.32. The number of benzene rings is 1. The summed E-state index contributed by atoms with van der Waals surface area (Å²) in [6, 6.07) is 12.6. The molecule has 5 N–H and O–H groups in total. The van der Waals surface area contributed by atoms with Gasteiger partial charge in [-0.25, -0.2) is 4.98 Å². The summed E-state index contributed by atoms with van der Waals surface area (Å²) in [4.78, 5) is 10.5. The van der Waals surface area contributed by atoms with Crippen LogP contribution in [0.4, 0.5) is 11.4 Å². The van der Waals surface area contributed by atoms with Crippen molar-refractivity contribution in [1.82, 2.24) is 14.9 Å². The van der Waals surface area contributed by atoms with Crippen LogP contribution in [0.2, 0.25) is 0 Å². The first-order chi connectivity index (χ1) is 12.1. The Labute approximate surface area is 148 Å². The van der Waals surface area contributed by atoms with Crippen LogP contribution in [0.1, 0.15) is 30.5 Å². The van der Waals surface area contributed by atoms with Gasteiger partial charge in [0.2, 0.25) is 0 Å². The summed E-state index contributed by atoms with van der Waals surface area (Å²) >= 11 is 0. The van der Waals surface area contributed by atoms with E-state index >= 15 is 0 Å². The summed E-state index contributed by atoms with van der Waals surface area (Å²) in [5.74, 6) is 0.834. The van der Waals surface area contributed by atoms with E-state index in [9.17, 15) is 0 Å². The number of H-pyrrole nitrogens is 1. The molecule has 0 radical (unpaired) electrons. The number of likely N-dealkylation sites (tertiary alicyclic amines) is 1. The number of hydrogen-bond donors (Lipinski definition) is 3. The minimum absolute atomic E-state index is 0.299. The number of pyridine rings is 1. The molecule has 3 aromatic rings. The third-order valence-corrected chi connectivity index (χ3v) is 5.46. The Hall–Kier alpha value is -2.53. The van der Waals surface area contributed by atoms with Crippen LogP contribution in [-0.2, 0) is 6.54 Å². The number of rotatable bonds is 3. The van der Waals surface area contributed by atoms with Gasteiger partial charge in [0.05, 0.1) is 17.1 Å². The molecule has 0 aliphatic carbocycles. The predicted octanol–water partition coefficient (Wildman–Crippen LogP) is 3.35. The lowest BCUT2D eigenvalue weighted by Crippen LogP contribution is -2.38. The fraction of sp³-hybridized carbons (Fsp3) is 0.350. The number of nitrogens with two attached hydrogens (primary N) is 2. The quantitative estimate of drug-likeness (QED) is 0.685. The number of nitrogen functional groups attached to an aromatic ring is 2. The third kappa shape index (κ3) is 2.96. The Morgan fingerprint density at radius 2 is 1.96 bits per heavy atom. The van der Waals surface area contributed by atoms with E-state index < -0.39 is 0 Å². The largest absolute Gasteiger partial charge is 0.396 e. The maximum Gasteiger partial charge on any atom is 0.139 e. The van der Waals surface area contributed by atoms with Gasteiger partial charge in [0.1, 0.15) is 5.65 Å². The van der Waals surface area contributed by atoms with Gasteiger partial charge < -0.3 is 16.5 Å². The fourth-order valence-electron chi connectivity index (χ4n) is 3.89. The molecule has 1 aromatic carbocycles. The molecule has 0 bridgehead atoms. The Bertz CT molecular complexity index is 870. The molecule has 2 unspecified atom stereocenters. The average molecular weight is 335 g/mol. The number of hydrogen-bond acceptors (Lipinski definition) is 4. The molecule has 1 fully saturated rings. The molecule has 5 heteroatoms. The molecule has 1 aliphatic rings. The van der Waals surface area contributed by atoms with Crippen molar-refractivity contribution >= 4 is 22.4 Å². The van der Waals surface area contributed by atoms with Crippen LogP contribution in [0.15, 0.2) is 42.6 Å². The van der Waals surface area contributed by atoms with Crippen LogP contribution in [0.5, 0.6) is 0 Å². The third-order valence-electron chi connectivity index (χ3n) is 5.46. The number of aromatic nitrogens is 2. The van der Waals surface area contributed by atoms with Crippen LogP contribution in [0.25, 0.3) is 11.0 Å². The Morgan fingerprint density at radius 3 is 2.76 bits per heavy atom. The van der Waals surface area contributed by atoms with Gasteiger partial charge in [0.25, 0.3) is 0 Å². The molecule has 1 aliphatic heterocycles. The first kappa shape index (κ1) is 16.0. The zero-order chi connectivity index (χ0) is 17.4. The van der Waals surface area contributed by atoms with Crippen molar-refractivity contribution in [3.8, 4) is 0 Å². The van der Waals surface area contributed by atoms with Gasteiger partial charge in [-0.2, -0.15) is 0 Å². The van der Waals surface area contributed by atoms with Gasteiger partial charge >= 0.3 is 0 Å². The number of fused-ring (bicyclic) bond motifs is 1. The maximum absolute atomic E-state index is 6.38. The van der Waals surface area contributed by atoms with Crippen LogP contribution >= 0.6 is 0 Å². The lowest BCUT2D eigenvalue weighted by Gasteiger charge is -2.37. The standard InChI is InChI=1S/C20H25N5/c1-13-8-10-25(11-14-5-3-2-4-6-14)12-16(13)19-18(22)17(21)15-7-9-23-20(15)24-19/h2-7,9,13,16H,8,10-12,22H2,1H3,(H3,21,23,24). The van der Waals surface area contributed by atoms with Crippen molar-refractivity contribution in [3.63, 3.8) is 0 Å². The smallest absolute Gasteiger partial charge is 0.139 e. The lowest BCUT2D eigenvalue weighted by atomic mass is 9.83. The number of aromatic amines is 1. The SMILES string of the molecule is CC1CCN(Cc2ccccc2)CC1c1nc2[nH]ccc2c(N)c1N. The number of piperidine rings is 1. The van der Waals surface area contributed by atoms with Crippen LogP contribution in [0, 0.1) is 5.92 Å². The van der Waals surface area contributed by atoms with E-state index in [1.165, 1.54) is 5.56 Å². The minimum Gasteiger partial charge on any atom is -0.396 e. The van der Waals surface area contributed by atoms with Crippen molar-refractivity contribution < 1.29 is 0 Å². The number of nitrogens with zero attached hydrogens (tertiary/aromatic N) is 2. The van der Waals surface area contributed by atoms with Gasteiger partial charge in [-0.1, -0.05) is 37.3 Å². The topological polar surface area (TPSA) is 84.0 Å².